The lowest BCUT2D eigenvalue weighted by Gasteiger charge is -2.12. The van der Waals surface area contributed by atoms with Crippen LogP contribution in [0, 0.1) is 11.8 Å². The van der Waals surface area contributed by atoms with Crippen LogP contribution >= 0.6 is 11.6 Å². The fourth-order valence-corrected chi connectivity index (χ4v) is 5.55. The summed E-state index contributed by atoms with van der Waals surface area (Å²) in [6.45, 7) is 14.0. The van der Waals surface area contributed by atoms with Crippen LogP contribution in [0.2, 0.25) is 0 Å². The summed E-state index contributed by atoms with van der Waals surface area (Å²) in [6, 6.07) is 15.2. The molecule has 3 aromatic heterocycles. The van der Waals surface area contributed by atoms with Crippen LogP contribution in [0.1, 0.15) is 91.7 Å². The highest BCUT2D eigenvalue weighted by molar-refractivity contribution is 6.60. The van der Waals surface area contributed by atoms with E-state index in [4.69, 9.17) is 17.3 Å². The van der Waals surface area contributed by atoms with Gasteiger partial charge < -0.3 is 15.8 Å². The summed E-state index contributed by atoms with van der Waals surface area (Å²) in [6.07, 6.45) is 6.36. The van der Waals surface area contributed by atoms with Crippen LogP contribution in [0.4, 0.5) is 5.69 Å². The zero-order chi connectivity index (χ0) is 39.7. The molecule has 5 aromatic rings. The molecule has 0 saturated heterocycles. The Balaban J connectivity index is 0.000000214. The lowest BCUT2D eigenvalue weighted by atomic mass is 10.0. The number of aliphatic imine (C=N–C) groups is 1. The Morgan fingerprint density at radius 2 is 1.54 bits per heavy atom. The summed E-state index contributed by atoms with van der Waals surface area (Å²) in [7, 11) is 0. The highest BCUT2D eigenvalue weighted by Crippen LogP contribution is 2.42. The van der Waals surface area contributed by atoms with E-state index in [0.717, 1.165) is 22.3 Å². The van der Waals surface area contributed by atoms with Gasteiger partial charge in [0.15, 0.2) is 17.4 Å². The van der Waals surface area contributed by atoms with Crippen molar-refractivity contribution in [2.24, 2.45) is 22.6 Å². The van der Waals surface area contributed by atoms with Crippen LogP contribution in [0.3, 0.4) is 0 Å². The first-order valence-electron chi connectivity index (χ1n) is 17.3. The van der Waals surface area contributed by atoms with E-state index in [0.29, 0.717) is 63.4 Å². The third kappa shape index (κ3) is 9.57. The third-order valence-corrected chi connectivity index (χ3v) is 8.45. The topological polar surface area (TPSA) is 185 Å². The number of rotatable bonds is 8. The van der Waals surface area contributed by atoms with Gasteiger partial charge in [0.05, 0.1) is 39.5 Å². The smallest absolute Gasteiger partial charge is 0.267 e. The fraction of sp³-hybridized carbons (Fsp3) is 0.268. The van der Waals surface area contributed by atoms with Crippen LogP contribution in [0.15, 0.2) is 84.4 Å². The number of ketones is 2. The Labute approximate surface area is 319 Å². The van der Waals surface area contributed by atoms with Crippen LogP contribution in [0.5, 0.6) is 5.88 Å². The highest BCUT2D eigenvalue weighted by atomic mass is 35.5. The fourth-order valence-electron chi connectivity index (χ4n) is 5.25. The van der Waals surface area contributed by atoms with Gasteiger partial charge in [0.2, 0.25) is 5.91 Å². The Morgan fingerprint density at radius 3 is 2.09 bits per heavy atom. The van der Waals surface area contributed by atoms with Crippen LogP contribution in [0.25, 0.3) is 21.5 Å². The predicted octanol–water partition coefficient (Wildman–Crippen LogP) is 7.25. The van der Waals surface area contributed by atoms with Crippen molar-refractivity contribution in [3.8, 4) is 5.88 Å². The maximum Gasteiger partial charge on any atom is 0.267 e. The number of carbonyl (C=O) groups is 4. The molecule has 2 amide bonds. The van der Waals surface area contributed by atoms with E-state index in [1.165, 1.54) is 20.8 Å². The minimum absolute atomic E-state index is 0.00358. The van der Waals surface area contributed by atoms with Crippen molar-refractivity contribution in [1.82, 2.24) is 19.9 Å². The number of amides is 2. The number of nitrogens with two attached hydrogens (primary N) is 1. The first kappa shape index (κ1) is 40.9. The minimum atomic E-state index is -0.520. The number of nitrogens with one attached hydrogen (secondary N) is 1. The molecule has 0 unspecified atom stereocenters. The summed E-state index contributed by atoms with van der Waals surface area (Å²) < 4.78 is 0. The number of anilines is 1. The van der Waals surface area contributed by atoms with Gasteiger partial charge in [-0.25, -0.2) is 4.90 Å². The van der Waals surface area contributed by atoms with E-state index >= 15 is 0 Å². The molecule has 1 aliphatic rings. The molecule has 12 nitrogen and oxygen atoms in total. The SMILES string of the molecule is CC(=O)c1ccc2[nH]c(O)c(C(=NCC(C)C)c3cnccn3)c2c1.CC(=O)c1ccc2c(c1)/C(=C(\Cl)c1ccccn1)C(=O)N2C(C)=O.CC(C)CN. The average Bonchev–Trinajstić information content (AvgIpc) is 3.64. The van der Waals surface area contributed by atoms with E-state index in [1.807, 2.05) is 0 Å². The van der Waals surface area contributed by atoms with Gasteiger partial charge in [-0.05, 0) is 80.8 Å². The molecule has 0 spiro atoms. The minimum Gasteiger partial charge on any atom is -0.494 e. The molecule has 0 atom stereocenters. The van der Waals surface area contributed by atoms with E-state index in [1.54, 1.807) is 79.4 Å². The number of aromatic amines is 1. The molecule has 280 valence electrons. The molecular weight excluding hydrogens is 706 g/mol. The Hall–Kier alpha value is -5.85. The van der Waals surface area contributed by atoms with E-state index in [2.05, 4.69) is 52.6 Å². The van der Waals surface area contributed by atoms with Crippen molar-refractivity contribution in [1.29, 1.82) is 0 Å². The number of hydrogen-bond donors (Lipinski definition) is 3. The number of hydrogen-bond acceptors (Lipinski definition) is 10. The number of imide groups is 1. The van der Waals surface area contributed by atoms with Gasteiger partial charge in [-0.1, -0.05) is 45.4 Å². The quantitative estimate of drug-likeness (QED) is 0.0835. The zero-order valence-corrected chi connectivity index (χ0v) is 32.1. The number of pyridine rings is 1. The Bertz CT molecular complexity index is 2230. The number of aromatic hydroxyl groups is 1. The summed E-state index contributed by atoms with van der Waals surface area (Å²) >= 11 is 6.41. The maximum absolute atomic E-state index is 12.7. The molecular formula is C41H44ClN7O5. The number of H-pyrrole nitrogens is 1. The number of benzene rings is 2. The number of nitrogens with zero attached hydrogens (tertiary/aromatic N) is 5. The molecule has 6 rings (SSSR count). The number of aromatic nitrogens is 4. The summed E-state index contributed by atoms with van der Waals surface area (Å²) in [5.74, 6) is -0.0922. The van der Waals surface area contributed by atoms with Crippen molar-refractivity contribution >= 4 is 67.9 Å². The largest absolute Gasteiger partial charge is 0.494 e. The second-order valence-electron chi connectivity index (χ2n) is 13.3. The molecule has 4 N–H and O–H groups in total. The van der Waals surface area contributed by atoms with E-state index in [-0.39, 0.29) is 28.1 Å². The normalized spacial score (nSPS) is 13.3. The summed E-state index contributed by atoms with van der Waals surface area (Å²) in [5, 5.41) is 11.4. The van der Waals surface area contributed by atoms with E-state index < -0.39 is 11.8 Å². The highest BCUT2D eigenvalue weighted by Gasteiger charge is 2.37. The molecule has 54 heavy (non-hydrogen) atoms. The molecule has 0 radical (unpaired) electrons. The molecule has 0 saturated carbocycles. The van der Waals surface area contributed by atoms with Crippen molar-refractivity contribution in [3.63, 3.8) is 0 Å². The van der Waals surface area contributed by atoms with Gasteiger partial charge in [-0.15, -0.1) is 0 Å². The second kappa shape index (κ2) is 18.3. The second-order valence-corrected chi connectivity index (χ2v) is 13.7. The van der Waals surface area contributed by atoms with Crippen LogP contribution < -0.4 is 10.6 Å². The van der Waals surface area contributed by atoms with E-state index in [9.17, 15) is 24.3 Å². The Kier molecular flexibility index (Phi) is 13.8. The van der Waals surface area contributed by atoms with Gasteiger partial charge >= 0.3 is 0 Å². The molecule has 2 aromatic carbocycles. The zero-order valence-electron chi connectivity index (χ0n) is 31.3. The van der Waals surface area contributed by atoms with Crippen molar-refractivity contribution in [2.75, 3.05) is 18.0 Å². The number of carbonyl (C=O) groups excluding carboxylic acids is 4. The molecule has 4 heterocycles. The number of fused-ring (bicyclic) bond motifs is 2. The lowest BCUT2D eigenvalue weighted by Crippen LogP contribution is -2.31. The average molecular weight is 750 g/mol. The van der Waals surface area contributed by atoms with Crippen molar-refractivity contribution in [3.05, 3.63) is 113 Å². The molecule has 0 fully saturated rings. The van der Waals surface area contributed by atoms with Gasteiger partial charge in [-0.2, -0.15) is 0 Å². The van der Waals surface area contributed by atoms with Gasteiger partial charge in [0.25, 0.3) is 5.91 Å². The number of halogens is 1. The first-order valence-corrected chi connectivity index (χ1v) is 17.7. The van der Waals surface area contributed by atoms with Gasteiger partial charge in [0.1, 0.15) is 5.69 Å². The van der Waals surface area contributed by atoms with Gasteiger partial charge in [0, 0.05) is 59.7 Å². The third-order valence-electron chi connectivity index (χ3n) is 8.07. The summed E-state index contributed by atoms with van der Waals surface area (Å²) in [5.41, 5.74) is 10.1. The lowest BCUT2D eigenvalue weighted by molar-refractivity contribution is -0.122. The molecule has 13 heteroatoms. The molecule has 0 aliphatic carbocycles. The standard InChI is InChI=1S/C19H20N4O2.C18H13ClN2O3.C4H11N/c1-11(2)9-22-18(16-10-20-6-7-21-16)17-14-8-13(12(3)24)4-5-15(14)23-19(17)25;1-10(22)12-6-7-15-13(9-12)16(18(24)21(15)11(2)23)17(19)14-5-3-4-8-20-14;1-4(2)3-5/h4-8,10-11,23,25H,9H2,1-3H3;3-9H,1-2H3;4H,3,5H2,1-2H3/b;17-16+;. The first-order chi connectivity index (χ1) is 25.7. The molecule has 0 bridgehead atoms. The molecule has 1 aliphatic heterocycles. The monoisotopic (exact) mass is 749 g/mol. The summed E-state index contributed by atoms with van der Waals surface area (Å²) in [4.78, 5) is 69.3. The maximum atomic E-state index is 12.7. The van der Waals surface area contributed by atoms with Gasteiger partial charge in [-0.3, -0.25) is 39.1 Å². The van der Waals surface area contributed by atoms with Crippen LogP contribution in [-0.2, 0) is 9.59 Å². The number of Topliss-reactive ketones (excluding diaryl/α,β-unsaturated/α-hetero) is 2. The predicted molar refractivity (Wildman–Crippen MR) is 213 cm³/mol. The van der Waals surface area contributed by atoms with Crippen molar-refractivity contribution in [2.45, 2.75) is 48.5 Å². The van der Waals surface area contributed by atoms with Crippen molar-refractivity contribution < 1.29 is 24.3 Å². The van der Waals surface area contributed by atoms with Crippen LogP contribution in [-0.4, -0.2) is 67.2 Å². The Morgan fingerprint density at radius 1 is 0.889 bits per heavy atom.